The lowest BCUT2D eigenvalue weighted by Crippen LogP contribution is -2.01. The monoisotopic (exact) mass is 250 g/mol. The van der Waals surface area contributed by atoms with Crippen LogP contribution in [0.5, 0.6) is 0 Å². The van der Waals surface area contributed by atoms with Gasteiger partial charge in [-0.05, 0) is 24.1 Å². The molecule has 17 heavy (non-hydrogen) atoms. The lowest BCUT2D eigenvalue weighted by atomic mass is 10.1. The van der Waals surface area contributed by atoms with Crippen molar-refractivity contribution in [3.63, 3.8) is 0 Å². The third kappa shape index (κ3) is 2.51. The molecular formula is C13H15ClN2O. The SMILES string of the molecule is CC(C)c1ccn(-c2cc(Cl)ccc2CO)n1. The first-order chi connectivity index (χ1) is 8.11. The Morgan fingerprint density at radius 3 is 2.71 bits per heavy atom. The zero-order valence-electron chi connectivity index (χ0n) is 9.89. The third-order valence-corrected chi connectivity index (χ3v) is 2.90. The molecule has 0 saturated heterocycles. The first kappa shape index (κ1) is 12.1. The fourth-order valence-electron chi connectivity index (χ4n) is 1.66. The molecular weight excluding hydrogens is 236 g/mol. The molecule has 0 bridgehead atoms. The van der Waals surface area contributed by atoms with Crippen molar-refractivity contribution >= 4 is 11.6 Å². The smallest absolute Gasteiger partial charge is 0.0715 e. The second-order valence-electron chi connectivity index (χ2n) is 4.27. The highest BCUT2D eigenvalue weighted by Crippen LogP contribution is 2.21. The molecule has 0 unspecified atom stereocenters. The van der Waals surface area contributed by atoms with E-state index in [1.807, 2.05) is 24.4 Å². The van der Waals surface area contributed by atoms with Crippen LogP contribution in [0.2, 0.25) is 5.02 Å². The Morgan fingerprint density at radius 2 is 2.12 bits per heavy atom. The van der Waals surface area contributed by atoms with Gasteiger partial charge in [-0.1, -0.05) is 31.5 Å². The lowest BCUT2D eigenvalue weighted by Gasteiger charge is -2.08. The van der Waals surface area contributed by atoms with E-state index in [0.29, 0.717) is 10.9 Å². The van der Waals surface area contributed by atoms with Crippen LogP contribution in [-0.2, 0) is 6.61 Å². The van der Waals surface area contributed by atoms with Crippen molar-refractivity contribution in [2.45, 2.75) is 26.4 Å². The molecule has 2 rings (SSSR count). The van der Waals surface area contributed by atoms with Crippen molar-refractivity contribution < 1.29 is 5.11 Å². The Balaban J connectivity index is 2.47. The van der Waals surface area contributed by atoms with Crippen molar-refractivity contribution in [3.8, 4) is 5.69 Å². The van der Waals surface area contributed by atoms with Gasteiger partial charge in [-0.25, -0.2) is 4.68 Å². The maximum atomic E-state index is 9.30. The fourth-order valence-corrected chi connectivity index (χ4v) is 1.83. The molecule has 0 radical (unpaired) electrons. The van der Waals surface area contributed by atoms with Gasteiger partial charge < -0.3 is 5.11 Å². The largest absolute Gasteiger partial charge is 0.392 e. The highest BCUT2D eigenvalue weighted by molar-refractivity contribution is 6.30. The van der Waals surface area contributed by atoms with Crippen LogP contribution >= 0.6 is 11.6 Å². The molecule has 0 amide bonds. The molecule has 0 spiro atoms. The molecule has 3 nitrogen and oxygen atoms in total. The number of aromatic nitrogens is 2. The Bertz CT molecular complexity index is 520. The summed E-state index contributed by atoms with van der Waals surface area (Å²) in [6.45, 7) is 4.17. The standard InChI is InChI=1S/C13H15ClN2O/c1-9(2)12-5-6-16(15-12)13-7-11(14)4-3-10(13)8-17/h3-7,9,17H,8H2,1-2H3. The van der Waals surface area contributed by atoms with Crippen molar-refractivity contribution in [3.05, 3.63) is 46.7 Å². The average Bonchev–Trinajstić information content (AvgIpc) is 2.78. The molecule has 0 atom stereocenters. The zero-order chi connectivity index (χ0) is 12.4. The van der Waals surface area contributed by atoms with Crippen LogP contribution in [0.15, 0.2) is 30.5 Å². The van der Waals surface area contributed by atoms with Crippen molar-refractivity contribution in [1.29, 1.82) is 0 Å². The third-order valence-electron chi connectivity index (χ3n) is 2.67. The van der Waals surface area contributed by atoms with E-state index in [2.05, 4.69) is 18.9 Å². The number of rotatable bonds is 3. The summed E-state index contributed by atoms with van der Waals surface area (Å²) in [6, 6.07) is 7.37. The summed E-state index contributed by atoms with van der Waals surface area (Å²) in [7, 11) is 0. The molecule has 1 aromatic carbocycles. The Hall–Kier alpha value is -1.32. The van der Waals surface area contributed by atoms with Gasteiger partial charge in [0.1, 0.15) is 0 Å². The van der Waals surface area contributed by atoms with Crippen LogP contribution in [0.3, 0.4) is 0 Å². The van der Waals surface area contributed by atoms with E-state index in [4.69, 9.17) is 11.6 Å². The lowest BCUT2D eigenvalue weighted by molar-refractivity contribution is 0.281. The molecule has 0 aliphatic carbocycles. The van der Waals surface area contributed by atoms with Gasteiger partial charge in [0.2, 0.25) is 0 Å². The number of hydrogen-bond donors (Lipinski definition) is 1. The molecule has 0 fully saturated rings. The Kier molecular flexibility index (Phi) is 3.50. The van der Waals surface area contributed by atoms with Crippen LogP contribution in [0.25, 0.3) is 5.69 Å². The highest BCUT2D eigenvalue weighted by Gasteiger charge is 2.08. The minimum absolute atomic E-state index is 0.0244. The highest BCUT2D eigenvalue weighted by atomic mass is 35.5. The van der Waals surface area contributed by atoms with E-state index in [0.717, 1.165) is 16.9 Å². The second-order valence-corrected chi connectivity index (χ2v) is 4.71. The second kappa shape index (κ2) is 4.90. The van der Waals surface area contributed by atoms with Gasteiger partial charge >= 0.3 is 0 Å². The van der Waals surface area contributed by atoms with Gasteiger partial charge in [0.15, 0.2) is 0 Å². The van der Waals surface area contributed by atoms with E-state index in [9.17, 15) is 5.11 Å². The molecule has 0 aliphatic heterocycles. The summed E-state index contributed by atoms with van der Waals surface area (Å²) in [6.07, 6.45) is 1.89. The minimum atomic E-state index is -0.0244. The topological polar surface area (TPSA) is 38.0 Å². The number of hydrogen-bond acceptors (Lipinski definition) is 2. The van der Waals surface area contributed by atoms with E-state index >= 15 is 0 Å². The van der Waals surface area contributed by atoms with Crippen LogP contribution in [0.1, 0.15) is 31.0 Å². The summed E-state index contributed by atoms with van der Waals surface area (Å²) in [4.78, 5) is 0. The van der Waals surface area contributed by atoms with Crippen LogP contribution in [0, 0.1) is 0 Å². The Labute approximate surface area is 106 Å². The number of halogens is 1. The summed E-state index contributed by atoms with van der Waals surface area (Å²) in [5.74, 6) is 0.382. The first-order valence-electron chi connectivity index (χ1n) is 5.57. The van der Waals surface area contributed by atoms with E-state index in [-0.39, 0.29) is 6.61 Å². The quantitative estimate of drug-likeness (QED) is 0.909. The van der Waals surface area contributed by atoms with E-state index in [1.54, 1.807) is 10.7 Å². The number of aliphatic hydroxyl groups is 1. The Morgan fingerprint density at radius 1 is 1.35 bits per heavy atom. The maximum absolute atomic E-state index is 9.30. The molecule has 4 heteroatoms. The first-order valence-corrected chi connectivity index (χ1v) is 5.95. The molecule has 1 aromatic heterocycles. The van der Waals surface area contributed by atoms with Gasteiger partial charge in [0.05, 0.1) is 18.0 Å². The van der Waals surface area contributed by atoms with Gasteiger partial charge in [0, 0.05) is 16.8 Å². The molecule has 0 saturated carbocycles. The number of nitrogens with zero attached hydrogens (tertiary/aromatic N) is 2. The normalized spacial score (nSPS) is 11.1. The van der Waals surface area contributed by atoms with Crippen LogP contribution in [0.4, 0.5) is 0 Å². The average molecular weight is 251 g/mol. The van der Waals surface area contributed by atoms with Crippen molar-refractivity contribution in [2.75, 3.05) is 0 Å². The van der Waals surface area contributed by atoms with Crippen LogP contribution in [-0.4, -0.2) is 14.9 Å². The molecule has 0 aliphatic rings. The van der Waals surface area contributed by atoms with Crippen molar-refractivity contribution in [2.24, 2.45) is 0 Å². The fraction of sp³-hybridized carbons (Fsp3) is 0.308. The number of aliphatic hydroxyl groups excluding tert-OH is 1. The van der Waals surface area contributed by atoms with Crippen molar-refractivity contribution in [1.82, 2.24) is 9.78 Å². The van der Waals surface area contributed by atoms with Gasteiger partial charge in [-0.2, -0.15) is 5.10 Å². The molecule has 90 valence electrons. The summed E-state index contributed by atoms with van der Waals surface area (Å²) < 4.78 is 1.76. The zero-order valence-corrected chi connectivity index (χ0v) is 10.6. The summed E-state index contributed by atoms with van der Waals surface area (Å²) in [5.41, 5.74) is 2.66. The predicted molar refractivity (Wildman–Crippen MR) is 68.6 cm³/mol. The molecule has 1 heterocycles. The maximum Gasteiger partial charge on any atom is 0.0715 e. The summed E-state index contributed by atoms with van der Waals surface area (Å²) in [5, 5.41) is 14.4. The van der Waals surface area contributed by atoms with Gasteiger partial charge in [-0.3, -0.25) is 0 Å². The van der Waals surface area contributed by atoms with E-state index < -0.39 is 0 Å². The van der Waals surface area contributed by atoms with E-state index in [1.165, 1.54) is 0 Å². The minimum Gasteiger partial charge on any atom is -0.392 e. The molecule has 2 aromatic rings. The number of benzene rings is 1. The van der Waals surface area contributed by atoms with Crippen LogP contribution < -0.4 is 0 Å². The van der Waals surface area contributed by atoms with Gasteiger partial charge in [0.25, 0.3) is 0 Å². The summed E-state index contributed by atoms with van der Waals surface area (Å²) >= 11 is 5.97. The van der Waals surface area contributed by atoms with Gasteiger partial charge in [-0.15, -0.1) is 0 Å². The predicted octanol–water partition coefficient (Wildman–Crippen LogP) is 3.14. The molecule has 1 N–H and O–H groups in total.